The Morgan fingerprint density at radius 1 is 0.880 bits per heavy atom. The molecule has 6 nitrogen and oxygen atoms in total. The Labute approximate surface area is 154 Å². The standard InChI is InChI=1S/C18H17BrN6/c19-14-1-2-17(21-5-14)24-7-12-9-25(10-13(12)8-24)18-15-3-4-20-6-16(15)22-11-23-18/h1-6,11-13H,7-10H2. The number of pyridine rings is 2. The molecule has 0 N–H and O–H groups in total. The molecule has 2 aliphatic heterocycles. The molecule has 126 valence electrons. The van der Waals surface area contributed by atoms with Gasteiger partial charge in [0.05, 0.1) is 11.7 Å². The predicted molar refractivity (Wildman–Crippen MR) is 101 cm³/mol. The average Bonchev–Trinajstić information content (AvgIpc) is 3.21. The van der Waals surface area contributed by atoms with Crippen molar-refractivity contribution in [2.45, 2.75) is 0 Å². The van der Waals surface area contributed by atoms with Crippen LogP contribution in [0.1, 0.15) is 0 Å². The first kappa shape index (κ1) is 15.0. The lowest BCUT2D eigenvalue weighted by molar-refractivity contribution is 0.533. The lowest BCUT2D eigenvalue weighted by atomic mass is 10.0. The van der Waals surface area contributed by atoms with Crippen molar-refractivity contribution in [2.75, 3.05) is 36.0 Å². The van der Waals surface area contributed by atoms with Crippen molar-refractivity contribution in [3.63, 3.8) is 0 Å². The average molecular weight is 397 g/mol. The quantitative estimate of drug-likeness (QED) is 0.663. The van der Waals surface area contributed by atoms with E-state index in [1.807, 2.05) is 18.5 Å². The van der Waals surface area contributed by atoms with E-state index < -0.39 is 0 Å². The Kier molecular flexibility index (Phi) is 3.55. The molecule has 3 aromatic rings. The fourth-order valence-corrected chi connectivity index (χ4v) is 4.29. The van der Waals surface area contributed by atoms with Crippen molar-refractivity contribution in [2.24, 2.45) is 11.8 Å². The van der Waals surface area contributed by atoms with Crippen molar-refractivity contribution < 1.29 is 0 Å². The van der Waals surface area contributed by atoms with Crippen LogP contribution in [-0.4, -0.2) is 46.1 Å². The van der Waals surface area contributed by atoms with Gasteiger partial charge in [-0.3, -0.25) is 4.98 Å². The van der Waals surface area contributed by atoms with Gasteiger partial charge >= 0.3 is 0 Å². The molecule has 2 saturated heterocycles. The van der Waals surface area contributed by atoms with Crippen LogP contribution in [0.25, 0.3) is 10.9 Å². The molecule has 5 heterocycles. The highest BCUT2D eigenvalue weighted by atomic mass is 79.9. The number of rotatable bonds is 2. The summed E-state index contributed by atoms with van der Waals surface area (Å²) >= 11 is 3.45. The van der Waals surface area contributed by atoms with Gasteiger partial charge in [-0.05, 0) is 34.1 Å². The van der Waals surface area contributed by atoms with Crippen molar-refractivity contribution in [1.29, 1.82) is 0 Å². The summed E-state index contributed by atoms with van der Waals surface area (Å²) in [5.41, 5.74) is 0.908. The predicted octanol–water partition coefficient (Wildman–Crippen LogP) is 2.75. The van der Waals surface area contributed by atoms with Gasteiger partial charge in [-0.15, -0.1) is 0 Å². The van der Waals surface area contributed by atoms with E-state index in [1.165, 1.54) is 0 Å². The van der Waals surface area contributed by atoms with Crippen molar-refractivity contribution in [3.05, 3.63) is 47.6 Å². The van der Waals surface area contributed by atoms with Gasteiger partial charge in [0.1, 0.15) is 18.0 Å². The molecule has 2 fully saturated rings. The smallest absolute Gasteiger partial charge is 0.140 e. The summed E-state index contributed by atoms with van der Waals surface area (Å²) in [6.45, 7) is 4.18. The molecule has 0 aliphatic carbocycles. The van der Waals surface area contributed by atoms with Crippen LogP contribution in [-0.2, 0) is 0 Å². The SMILES string of the molecule is Brc1ccc(N2CC3CN(c4ncnc5cnccc45)CC3C2)nc1. The van der Waals surface area contributed by atoms with Gasteiger partial charge in [-0.1, -0.05) is 0 Å². The van der Waals surface area contributed by atoms with Crippen LogP contribution in [0.3, 0.4) is 0 Å². The Balaban J connectivity index is 1.36. The Bertz CT molecular complexity index is 896. The van der Waals surface area contributed by atoms with Gasteiger partial charge in [-0.2, -0.15) is 0 Å². The highest BCUT2D eigenvalue weighted by Gasteiger charge is 2.41. The highest BCUT2D eigenvalue weighted by Crippen LogP contribution is 2.36. The zero-order chi connectivity index (χ0) is 16.8. The summed E-state index contributed by atoms with van der Waals surface area (Å²) in [4.78, 5) is 22.4. The normalized spacial score (nSPS) is 22.6. The second kappa shape index (κ2) is 5.91. The van der Waals surface area contributed by atoms with Crippen molar-refractivity contribution in [3.8, 4) is 0 Å². The van der Waals surface area contributed by atoms with E-state index in [0.717, 1.165) is 53.2 Å². The third kappa shape index (κ3) is 2.63. The second-order valence-corrected chi connectivity index (χ2v) is 7.67. The maximum atomic E-state index is 4.56. The van der Waals surface area contributed by atoms with Crippen LogP contribution in [0, 0.1) is 11.8 Å². The molecule has 0 aromatic carbocycles. The van der Waals surface area contributed by atoms with E-state index >= 15 is 0 Å². The van der Waals surface area contributed by atoms with Crippen LogP contribution in [0.2, 0.25) is 0 Å². The van der Waals surface area contributed by atoms with Gasteiger partial charge in [-0.25, -0.2) is 15.0 Å². The first-order chi connectivity index (χ1) is 12.3. The monoisotopic (exact) mass is 396 g/mol. The summed E-state index contributed by atoms with van der Waals surface area (Å²) in [7, 11) is 0. The van der Waals surface area contributed by atoms with Crippen LogP contribution >= 0.6 is 15.9 Å². The fourth-order valence-electron chi connectivity index (χ4n) is 4.05. The van der Waals surface area contributed by atoms with Gasteiger partial charge in [0.25, 0.3) is 0 Å². The van der Waals surface area contributed by atoms with Crippen LogP contribution in [0.4, 0.5) is 11.6 Å². The topological polar surface area (TPSA) is 58.0 Å². The molecule has 25 heavy (non-hydrogen) atoms. The Morgan fingerprint density at radius 3 is 2.44 bits per heavy atom. The first-order valence-corrected chi connectivity index (χ1v) is 9.23. The summed E-state index contributed by atoms with van der Waals surface area (Å²) in [6.07, 6.45) is 7.13. The van der Waals surface area contributed by atoms with Gasteiger partial charge in [0.2, 0.25) is 0 Å². The van der Waals surface area contributed by atoms with Crippen LogP contribution in [0.5, 0.6) is 0 Å². The minimum atomic E-state index is 0.650. The maximum absolute atomic E-state index is 4.56. The van der Waals surface area contributed by atoms with Gasteiger partial charge < -0.3 is 9.80 Å². The lowest BCUT2D eigenvalue weighted by Gasteiger charge is -2.23. The van der Waals surface area contributed by atoms with E-state index in [2.05, 4.69) is 57.8 Å². The molecule has 3 aromatic heterocycles. The summed E-state index contributed by atoms with van der Waals surface area (Å²) in [5, 5.41) is 1.09. The minimum Gasteiger partial charge on any atom is -0.356 e. The fraction of sp³-hybridized carbons (Fsp3) is 0.333. The number of hydrogen-bond donors (Lipinski definition) is 0. The molecule has 0 radical (unpaired) electrons. The lowest BCUT2D eigenvalue weighted by Crippen LogP contribution is -2.29. The molecular weight excluding hydrogens is 380 g/mol. The molecule has 2 aliphatic rings. The molecule has 0 spiro atoms. The molecular formula is C18H17BrN6. The number of aromatic nitrogens is 4. The van der Waals surface area contributed by atoms with E-state index in [4.69, 9.17) is 0 Å². The van der Waals surface area contributed by atoms with Crippen molar-refractivity contribution in [1.82, 2.24) is 19.9 Å². The largest absolute Gasteiger partial charge is 0.356 e. The second-order valence-electron chi connectivity index (χ2n) is 6.75. The maximum Gasteiger partial charge on any atom is 0.140 e. The van der Waals surface area contributed by atoms with E-state index in [0.29, 0.717) is 11.8 Å². The van der Waals surface area contributed by atoms with Crippen LogP contribution in [0.15, 0.2) is 47.6 Å². The number of hydrogen-bond acceptors (Lipinski definition) is 6. The molecule has 0 bridgehead atoms. The summed E-state index contributed by atoms with van der Waals surface area (Å²) in [6, 6.07) is 6.16. The molecule has 2 atom stereocenters. The zero-order valence-electron chi connectivity index (χ0n) is 13.6. The minimum absolute atomic E-state index is 0.650. The number of anilines is 2. The molecule has 5 rings (SSSR count). The molecule has 7 heteroatoms. The summed E-state index contributed by atoms with van der Waals surface area (Å²) in [5.74, 6) is 3.41. The highest BCUT2D eigenvalue weighted by molar-refractivity contribution is 9.10. The number of halogens is 1. The van der Waals surface area contributed by atoms with Crippen molar-refractivity contribution >= 4 is 38.5 Å². The zero-order valence-corrected chi connectivity index (χ0v) is 15.2. The number of fused-ring (bicyclic) bond motifs is 2. The first-order valence-electron chi connectivity index (χ1n) is 8.44. The Morgan fingerprint density at radius 2 is 1.68 bits per heavy atom. The molecule has 0 saturated carbocycles. The molecule has 0 amide bonds. The molecule has 2 unspecified atom stereocenters. The van der Waals surface area contributed by atoms with E-state index in [-0.39, 0.29) is 0 Å². The number of nitrogens with zero attached hydrogens (tertiary/aromatic N) is 6. The van der Waals surface area contributed by atoms with E-state index in [9.17, 15) is 0 Å². The third-order valence-electron chi connectivity index (χ3n) is 5.24. The Hall–Kier alpha value is -2.28. The van der Waals surface area contributed by atoms with Gasteiger partial charge in [0.15, 0.2) is 0 Å². The van der Waals surface area contributed by atoms with Gasteiger partial charge in [0, 0.05) is 60.3 Å². The third-order valence-corrected chi connectivity index (χ3v) is 5.71. The van der Waals surface area contributed by atoms with Crippen LogP contribution < -0.4 is 9.80 Å². The van der Waals surface area contributed by atoms with E-state index in [1.54, 1.807) is 12.5 Å². The summed E-state index contributed by atoms with van der Waals surface area (Å²) < 4.78 is 1.02.